The van der Waals surface area contributed by atoms with Crippen LogP contribution in [0.4, 0.5) is 0 Å². The largest absolute Gasteiger partial charge is 0.353 e. The first-order chi connectivity index (χ1) is 8.94. The van der Waals surface area contributed by atoms with Gasteiger partial charge in [0.05, 0.1) is 13.0 Å². The Balaban J connectivity index is 1.75. The maximum Gasteiger partial charge on any atom is 0.224 e. The highest BCUT2D eigenvalue weighted by atomic mass is 16.7. The first-order valence-electron chi connectivity index (χ1n) is 6.59. The van der Waals surface area contributed by atoms with Gasteiger partial charge in [-0.05, 0) is 26.3 Å². The smallest absolute Gasteiger partial charge is 0.224 e. The highest BCUT2D eigenvalue weighted by Crippen LogP contribution is 2.21. The fourth-order valence-corrected chi connectivity index (χ4v) is 2.05. The Morgan fingerprint density at radius 1 is 1.37 bits per heavy atom. The lowest BCUT2D eigenvalue weighted by atomic mass is 10.1. The predicted molar refractivity (Wildman–Crippen MR) is 72.8 cm³/mol. The molecule has 0 spiro atoms. The maximum atomic E-state index is 11.8. The van der Waals surface area contributed by atoms with E-state index in [1.54, 1.807) is 0 Å². The van der Waals surface area contributed by atoms with E-state index in [0.717, 1.165) is 5.56 Å². The SMILES string of the molecule is Cc1ccc(CC(=O)NCC2COC(C)(C)O2)cc1. The van der Waals surface area contributed by atoms with Crippen molar-refractivity contribution in [3.63, 3.8) is 0 Å². The Labute approximate surface area is 114 Å². The van der Waals surface area contributed by atoms with Gasteiger partial charge in [0.25, 0.3) is 0 Å². The van der Waals surface area contributed by atoms with Crippen molar-refractivity contribution < 1.29 is 14.3 Å². The summed E-state index contributed by atoms with van der Waals surface area (Å²) < 4.78 is 11.1. The first kappa shape index (κ1) is 14.0. The summed E-state index contributed by atoms with van der Waals surface area (Å²) in [7, 11) is 0. The molecule has 0 radical (unpaired) electrons. The van der Waals surface area contributed by atoms with Crippen molar-refractivity contribution in [1.82, 2.24) is 5.32 Å². The topological polar surface area (TPSA) is 47.6 Å². The van der Waals surface area contributed by atoms with E-state index in [2.05, 4.69) is 5.32 Å². The molecule has 1 fully saturated rings. The zero-order valence-corrected chi connectivity index (χ0v) is 11.7. The van der Waals surface area contributed by atoms with Crippen LogP contribution in [0, 0.1) is 6.92 Å². The van der Waals surface area contributed by atoms with Crippen molar-refractivity contribution in [3.05, 3.63) is 35.4 Å². The molecule has 0 aromatic heterocycles. The molecule has 1 saturated heterocycles. The number of amides is 1. The number of hydrogen-bond donors (Lipinski definition) is 1. The third-order valence-electron chi connectivity index (χ3n) is 3.08. The molecule has 104 valence electrons. The number of aryl methyl sites for hydroxylation is 1. The van der Waals surface area contributed by atoms with Crippen LogP contribution in [-0.2, 0) is 20.7 Å². The van der Waals surface area contributed by atoms with Crippen LogP contribution in [0.3, 0.4) is 0 Å². The van der Waals surface area contributed by atoms with Gasteiger partial charge in [0, 0.05) is 6.54 Å². The molecule has 0 bridgehead atoms. The molecule has 1 aromatic carbocycles. The molecular formula is C15H21NO3. The molecular weight excluding hydrogens is 242 g/mol. The molecule has 2 rings (SSSR count). The van der Waals surface area contributed by atoms with Crippen molar-refractivity contribution in [2.75, 3.05) is 13.2 Å². The zero-order chi connectivity index (χ0) is 13.9. The summed E-state index contributed by atoms with van der Waals surface area (Å²) in [6.07, 6.45) is 0.342. The average molecular weight is 263 g/mol. The van der Waals surface area contributed by atoms with Gasteiger partial charge in [-0.25, -0.2) is 0 Å². The van der Waals surface area contributed by atoms with E-state index in [9.17, 15) is 4.79 Å². The summed E-state index contributed by atoms with van der Waals surface area (Å²) in [5.41, 5.74) is 2.22. The number of ether oxygens (including phenoxy) is 2. The fraction of sp³-hybridized carbons (Fsp3) is 0.533. The minimum absolute atomic E-state index is 0.0113. The van der Waals surface area contributed by atoms with E-state index in [1.165, 1.54) is 5.56 Å². The number of carbonyl (C=O) groups is 1. The van der Waals surface area contributed by atoms with Gasteiger partial charge in [-0.15, -0.1) is 0 Å². The number of nitrogens with one attached hydrogen (secondary N) is 1. The second kappa shape index (κ2) is 5.72. The molecule has 1 atom stereocenters. The van der Waals surface area contributed by atoms with E-state index in [4.69, 9.17) is 9.47 Å². The minimum Gasteiger partial charge on any atom is -0.353 e. The molecule has 0 saturated carbocycles. The standard InChI is InChI=1S/C15H21NO3/c1-11-4-6-12(7-5-11)8-14(17)16-9-13-10-18-15(2,3)19-13/h4-7,13H,8-10H2,1-3H3,(H,16,17). The van der Waals surface area contributed by atoms with Gasteiger partial charge in [-0.1, -0.05) is 29.8 Å². The van der Waals surface area contributed by atoms with E-state index in [1.807, 2.05) is 45.0 Å². The van der Waals surface area contributed by atoms with Crippen molar-refractivity contribution >= 4 is 5.91 Å². The van der Waals surface area contributed by atoms with Crippen LogP contribution < -0.4 is 5.32 Å². The molecule has 1 aliphatic heterocycles. The minimum atomic E-state index is -0.535. The summed E-state index contributed by atoms with van der Waals surface area (Å²) in [4.78, 5) is 11.8. The first-order valence-corrected chi connectivity index (χ1v) is 6.59. The highest BCUT2D eigenvalue weighted by Gasteiger charge is 2.32. The lowest BCUT2D eigenvalue weighted by Crippen LogP contribution is -2.35. The summed E-state index contributed by atoms with van der Waals surface area (Å²) in [5, 5.41) is 2.88. The van der Waals surface area contributed by atoms with Gasteiger partial charge in [-0.2, -0.15) is 0 Å². The summed E-state index contributed by atoms with van der Waals surface area (Å²) in [6, 6.07) is 7.98. The molecule has 1 aromatic rings. The Kier molecular flexibility index (Phi) is 4.22. The van der Waals surface area contributed by atoms with Gasteiger partial charge < -0.3 is 14.8 Å². The van der Waals surface area contributed by atoms with E-state index >= 15 is 0 Å². The van der Waals surface area contributed by atoms with E-state index in [-0.39, 0.29) is 12.0 Å². The highest BCUT2D eigenvalue weighted by molar-refractivity contribution is 5.78. The molecule has 1 unspecified atom stereocenters. The second-order valence-corrected chi connectivity index (χ2v) is 5.42. The van der Waals surface area contributed by atoms with Gasteiger partial charge >= 0.3 is 0 Å². The fourth-order valence-electron chi connectivity index (χ4n) is 2.05. The van der Waals surface area contributed by atoms with Crippen LogP contribution in [0.1, 0.15) is 25.0 Å². The van der Waals surface area contributed by atoms with E-state index < -0.39 is 5.79 Å². The molecule has 4 heteroatoms. The van der Waals surface area contributed by atoms with Crippen LogP contribution in [0.5, 0.6) is 0 Å². The Morgan fingerprint density at radius 2 is 2.05 bits per heavy atom. The van der Waals surface area contributed by atoms with Crippen LogP contribution in [0.2, 0.25) is 0 Å². The average Bonchev–Trinajstić information content (AvgIpc) is 2.69. The third-order valence-corrected chi connectivity index (χ3v) is 3.08. The second-order valence-electron chi connectivity index (χ2n) is 5.42. The van der Waals surface area contributed by atoms with Crippen LogP contribution in [-0.4, -0.2) is 30.9 Å². The normalized spacial score (nSPS) is 21.3. The molecule has 19 heavy (non-hydrogen) atoms. The number of hydrogen-bond acceptors (Lipinski definition) is 3. The van der Waals surface area contributed by atoms with Gasteiger partial charge in [0.1, 0.15) is 6.10 Å². The number of rotatable bonds is 4. The molecule has 1 heterocycles. The van der Waals surface area contributed by atoms with Crippen LogP contribution in [0.15, 0.2) is 24.3 Å². The Hall–Kier alpha value is -1.39. The molecule has 4 nitrogen and oxygen atoms in total. The number of benzene rings is 1. The predicted octanol–water partition coefficient (Wildman–Crippen LogP) is 1.81. The lowest BCUT2D eigenvalue weighted by molar-refractivity contribution is -0.139. The monoisotopic (exact) mass is 263 g/mol. The molecule has 1 aliphatic rings. The summed E-state index contributed by atoms with van der Waals surface area (Å²) in [5.74, 6) is -0.524. The van der Waals surface area contributed by atoms with Crippen molar-refractivity contribution in [1.29, 1.82) is 0 Å². The van der Waals surface area contributed by atoms with Crippen LogP contribution in [0.25, 0.3) is 0 Å². The Morgan fingerprint density at radius 3 is 2.63 bits per heavy atom. The quantitative estimate of drug-likeness (QED) is 0.901. The molecule has 1 amide bonds. The van der Waals surface area contributed by atoms with Crippen molar-refractivity contribution in [2.24, 2.45) is 0 Å². The Bertz CT molecular complexity index is 439. The molecule has 1 N–H and O–H groups in total. The van der Waals surface area contributed by atoms with Crippen molar-refractivity contribution in [3.8, 4) is 0 Å². The maximum absolute atomic E-state index is 11.8. The van der Waals surface area contributed by atoms with Gasteiger partial charge in [0.2, 0.25) is 5.91 Å². The molecule has 0 aliphatic carbocycles. The summed E-state index contributed by atoms with van der Waals surface area (Å²) >= 11 is 0. The summed E-state index contributed by atoms with van der Waals surface area (Å²) in [6.45, 7) is 6.80. The zero-order valence-electron chi connectivity index (χ0n) is 11.7. The van der Waals surface area contributed by atoms with Gasteiger partial charge in [0.15, 0.2) is 5.79 Å². The van der Waals surface area contributed by atoms with Gasteiger partial charge in [-0.3, -0.25) is 4.79 Å². The van der Waals surface area contributed by atoms with E-state index in [0.29, 0.717) is 19.6 Å². The lowest BCUT2D eigenvalue weighted by Gasteiger charge is -2.17. The third kappa shape index (κ3) is 4.33. The van der Waals surface area contributed by atoms with Crippen LogP contribution >= 0.6 is 0 Å². The number of carbonyl (C=O) groups excluding carboxylic acids is 1. The van der Waals surface area contributed by atoms with Crippen molar-refractivity contribution in [2.45, 2.75) is 39.1 Å².